The highest BCUT2D eigenvalue weighted by atomic mass is 35.5. The number of Topliss-reactive ketones (excluding diaryl/α,β-unsaturated/α-hetero) is 1. The van der Waals surface area contributed by atoms with Crippen molar-refractivity contribution in [1.82, 2.24) is 20.4 Å². The maximum Gasteiger partial charge on any atom is 0.408 e. The third-order valence-electron chi connectivity index (χ3n) is 5.47. The van der Waals surface area contributed by atoms with E-state index in [1.165, 1.54) is 18.2 Å². The summed E-state index contributed by atoms with van der Waals surface area (Å²) >= 11 is 5.99. The van der Waals surface area contributed by atoms with E-state index in [0.29, 0.717) is 11.1 Å². The van der Waals surface area contributed by atoms with Crippen LogP contribution < -0.4 is 21.7 Å². The maximum atomic E-state index is 13.1. The van der Waals surface area contributed by atoms with Crippen molar-refractivity contribution in [2.24, 2.45) is 11.7 Å². The van der Waals surface area contributed by atoms with E-state index in [1.54, 1.807) is 6.92 Å². The van der Waals surface area contributed by atoms with Gasteiger partial charge in [0.15, 0.2) is 5.69 Å². The van der Waals surface area contributed by atoms with Crippen molar-refractivity contribution >= 4 is 46.7 Å². The first-order valence-electron chi connectivity index (χ1n) is 10.9. The predicted octanol–water partition coefficient (Wildman–Crippen LogP) is 1.42. The molecular weight excluding hydrogens is 521 g/mol. The molecule has 3 rings (SSSR count). The molecule has 0 bridgehead atoms. The van der Waals surface area contributed by atoms with Gasteiger partial charge in [0.1, 0.15) is 6.54 Å². The molecule has 198 valence electrons. The molecule has 11 nitrogen and oxygen atoms in total. The average molecular weight is 543 g/mol. The Balaban J connectivity index is 1.80. The van der Waals surface area contributed by atoms with Crippen molar-refractivity contribution in [3.8, 4) is 0 Å². The molecule has 1 fully saturated rings. The molecule has 1 aliphatic rings. The van der Waals surface area contributed by atoms with Gasteiger partial charge in [-0.25, -0.2) is 0 Å². The minimum atomic E-state index is -4.54. The highest BCUT2D eigenvalue weighted by Crippen LogP contribution is 2.24. The molecule has 0 unspecified atom stereocenters. The lowest BCUT2D eigenvalue weighted by Gasteiger charge is -2.20. The fraction of sp³-hybridized carbons (Fsp3) is 0.364. The first kappa shape index (κ1) is 27.6. The number of rotatable bonds is 9. The highest BCUT2D eigenvalue weighted by molar-refractivity contribution is 6.38. The zero-order valence-corrected chi connectivity index (χ0v) is 20.0. The van der Waals surface area contributed by atoms with Crippen LogP contribution in [-0.4, -0.2) is 57.5 Å². The van der Waals surface area contributed by atoms with E-state index < -0.39 is 48.2 Å². The first-order valence-corrected chi connectivity index (χ1v) is 11.3. The van der Waals surface area contributed by atoms with Gasteiger partial charge in [-0.3, -0.25) is 28.7 Å². The Morgan fingerprint density at radius 1 is 1.24 bits per heavy atom. The number of amides is 4. The Hall–Kier alpha value is -3.94. The first-order chi connectivity index (χ1) is 17.2. The molecule has 37 heavy (non-hydrogen) atoms. The van der Waals surface area contributed by atoms with Gasteiger partial charge in [-0.15, -0.1) is 0 Å². The van der Waals surface area contributed by atoms with Crippen molar-refractivity contribution in [1.29, 1.82) is 0 Å². The fourth-order valence-corrected chi connectivity index (χ4v) is 4.01. The Bertz CT molecular complexity index is 1250. The van der Waals surface area contributed by atoms with Crippen molar-refractivity contribution in [3.05, 3.63) is 46.7 Å². The number of benzene rings is 1. The third-order valence-corrected chi connectivity index (χ3v) is 5.71. The zero-order valence-electron chi connectivity index (χ0n) is 19.3. The van der Waals surface area contributed by atoms with Gasteiger partial charge in [0, 0.05) is 23.2 Å². The van der Waals surface area contributed by atoms with Crippen LogP contribution in [0.25, 0.3) is 0 Å². The molecule has 15 heteroatoms. The second-order valence-corrected chi connectivity index (χ2v) is 8.93. The summed E-state index contributed by atoms with van der Waals surface area (Å²) in [6.07, 6.45) is -3.39. The van der Waals surface area contributed by atoms with Crippen LogP contribution in [0.4, 0.5) is 18.9 Å². The molecule has 0 saturated carbocycles. The topological polar surface area (TPSA) is 165 Å². The molecule has 1 aromatic carbocycles. The molecular formula is C22H22ClF3N6O5. The quantitative estimate of drug-likeness (QED) is 0.350. The minimum Gasteiger partial charge on any atom is -0.363 e. The zero-order chi connectivity index (χ0) is 27.5. The van der Waals surface area contributed by atoms with E-state index in [1.807, 2.05) is 0 Å². The van der Waals surface area contributed by atoms with Crippen LogP contribution in [0.1, 0.15) is 40.6 Å². The second-order valence-electron chi connectivity index (χ2n) is 8.49. The van der Waals surface area contributed by atoms with Gasteiger partial charge >= 0.3 is 6.18 Å². The van der Waals surface area contributed by atoms with Crippen LogP contribution >= 0.6 is 11.6 Å². The number of hydrogen-bond acceptors (Lipinski definition) is 6. The fourth-order valence-electron chi connectivity index (χ4n) is 3.83. The van der Waals surface area contributed by atoms with Crippen LogP contribution in [0.5, 0.6) is 0 Å². The molecule has 3 atom stereocenters. The Morgan fingerprint density at radius 2 is 1.95 bits per heavy atom. The summed E-state index contributed by atoms with van der Waals surface area (Å²) in [5, 5.41) is 11.1. The summed E-state index contributed by atoms with van der Waals surface area (Å²) < 4.78 is 38.2. The summed E-state index contributed by atoms with van der Waals surface area (Å²) in [6.45, 7) is 0.358. The molecule has 1 aliphatic heterocycles. The number of alkyl halides is 3. The largest absolute Gasteiger partial charge is 0.408 e. The van der Waals surface area contributed by atoms with Crippen LogP contribution in [0.15, 0.2) is 30.5 Å². The number of nitrogens with two attached hydrogens (primary N) is 1. The van der Waals surface area contributed by atoms with Gasteiger partial charge in [-0.2, -0.15) is 18.3 Å². The average Bonchev–Trinajstić information content (AvgIpc) is 3.37. The number of hydrogen-bond donors (Lipinski definition) is 4. The lowest BCUT2D eigenvalue weighted by atomic mass is 9.94. The van der Waals surface area contributed by atoms with Crippen molar-refractivity contribution in [3.63, 3.8) is 0 Å². The molecule has 2 aromatic rings. The van der Waals surface area contributed by atoms with Crippen molar-refractivity contribution in [2.75, 3.05) is 5.32 Å². The number of nitrogens with one attached hydrogen (secondary N) is 3. The number of halogens is 4. The second kappa shape index (κ2) is 11.0. The summed E-state index contributed by atoms with van der Waals surface area (Å²) in [4.78, 5) is 61.7. The van der Waals surface area contributed by atoms with E-state index in [0.717, 1.165) is 12.3 Å². The van der Waals surface area contributed by atoms with Crippen molar-refractivity contribution in [2.45, 2.75) is 44.6 Å². The molecule has 5 N–H and O–H groups in total. The number of carbonyl (C=O) groups excluding carboxylic acids is 5. The predicted molar refractivity (Wildman–Crippen MR) is 123 cm³/mol. The Labute approximate surface area is 212 Å². The molecule has 2 heterocycles. The molecule has 0 spiro atoms. The lowest BCUT2D eigenvalue weighted by Crippen LogP contribution is -2.47. The number of nitrogens with zero attached hydrogens (tertiary/aromatic N) is 2. The summed E-state index contributed by atoms with van der Waals surface area (Å²) in [7, 11) is 0. The number of aromatic nitrogens is 2. The number of ketones is 1. The van der Waals surface area contributed by atoms with Crippen LogP contribution in [0.3, 0.4) is 0 Å². The summed E-state index contributed by atoms with van der Waals surface area (Å²) in [5.74, 6) is -5.28. The smallest absolute Gasteiger partial charge is 0.363 e. The van der Waals surface area contributed by atoms with E-state index in [2.05, 4.69) is 21.0 Å². The van der Waals surface area contributed by atoms with Gasteiger partial charge in [-0.05, 0) is 44.0 Å². The highest BCUT2D eigenvalue weighted by Gasteiger charge is 2.36. The van der Waals surface area contributed by atoms with Crippen LogP contribution in [0, 0.1) is 5.92 Å². The minimum absolute atomic E-state index is 0.0828. The number of carbonyl (C=O) groups is 5. The van der Waals surface area contributed by atoms with Crippen LogP contribution in [0.2, 0.25) is 5.02 Å². The molecule has 0 aliphatic carbocycles. The van der Waals surface area contributed by atoms with Crippen LogP contribution in [-0.2, 0) is 20.9 Å². The van der Waals surface area contributed by atoms with E-state index in [4.69, 9.17) is 17.3 Å². The number of anilines is 1. The molecule has 1 aromatic heterocycles. The van der Waals surface area contributed by atoms with Gasteiger partial charge in [-0.1, -0.05) is 11.6 Å². The summed E-state index contributed by atoms with van der Waals surface area (Å²) in [5.41, 5.74) is 4.44. The Morgan fingerprint density at radius 3 is 2.54 bits per heavy atom. The molecule has 1 saturated heterocycles. The molecule has 4 amide bonds. The van der Waals surface area contributed by atoms with Gasteiger partial charge in [0.25, 0.3) is 17.7 Å². The van der Waals surface area contributed by atoms with Gasteiger partial charge < -0.3 is 21.7 Å². The molecule has 0 radical (unpaired) electrons. The third kappa shape index (κ3) is 7.29. The van der Waals surface area contributed by atoms with E-state index >= 15 is 0 Å². The lowest BCUT2D eigenvalue weighted by molar-refractivity contribution is -0.142. The van der Waals surface area contributed by atoms with Gasteiger partial charge in [0.2, 0.25) is 11.7 Å². The standard InChI is InChI=1S/C22H22ClF3N6O5/c1-10-6-11(19(35)28-10)7-16(17(33)18(27)34)30-20(36)13-8-12(23)2-3-14(13)29-21(37)15-4-5-32(31-15)9-22(24,25)26/h2-5,8,10-11,16H,6-7,9H2,1H3,(H2,27,34)(H,28,35)(H,29,37)(H,30,36)/t10-,11+,16+/m1/s1. The normalized spacial score (nSPS) is 18.1. The van der Waals surface area contributed by atoms with Gasteiger partial charge in [0.05, 0.1) is 17.3 Å². The Kier molecular flexibility index (Phi) is 8.21. The van der Waals surface area contributed by atoms with E-state index in [9.17, 15) is 37.1 Å². The maximum absolute atomic E-state index is 13.1. The summed E-state index contributed by atoms with van der Waals surface area (Å²) in [6, 6.07) is 3.24. The SMILES string of the molecule is C[C@@H]1C[C@@H](C[C@H](NC(=O)c2cc(Cl)ccc2NC(=O)c2ccn(CC(F)(F)F)n2)C(=O)C(N)=O)C(=O)N1. The van der Waals surface area contributed by atoms with E-state index in [-0.39, 0.29) is 40.3 Å². The van der Waals surface area contributed by atoms with Crippen molar-refractivity contribution < 1.29 is 37.1 Å². The monoisotopic (exact) mass is 542 g/mol. The number of primary amides is 1.